The van der Waals surface area contributed by atoms with Crippen molar-refractivity contribution in [3.63, 3.8) is 0 Å². The van der Waals surface area contributed by atoms with Crippen LogP contribution in [0.2, 0.25) is 0 Å². The summed E-state index contributed by atoms with van der Waals surface area (Å²) in [6.45, 7) is 17.5. The Balaban J connectivity index is 5.16. The van der Waals surface area contributed by atoms with Gasteiger partial charge in [0.05, 0.1) is 0 Å². The van der Waals surface area contributed by atoms with Crippen molar-refractivity contribution in [2.75, 3.05) is 0 Å². The molecule has 0 radical (unpaired) electrons. The molecule has 0 aromatic heterocycles. The van der Waals surface area contributed by atoms with Gasteiger partial charge in [-0.25, -0.2) is 0 Å². The molecule has 0 aliphatic rings. The van der Waals surface area contributed by atoms with E-state index in [1.54, 1.807) is 0 Å². The minimum atomic E-state index is -0.145. The zero-order chi connectivity index (χ0) is 14.6. The van der Waals surface area contributed by atoms with Gasteiger partial charge in [0, 0.05) is 10.8 Å². The van der Waals surface area contributed by atoms with E-state index in [0.717, 1.165) is 25.7 Å². The lowest BCUT2D eigenvalue weighted by Gasteiger charge is -2.39. The smallest absolute Gasteiger partial charge is 0.144 e. The predicted molar refractivity (Wildman–Crippen MR) is 80.7 cm³/mol. The monoisotopic (exact) mass is 254 g/mol. The first-order chi connectivity index (χ1) is 8.11. The summed E-state index contributed by atoms with van der Waals surface area (Å²) in [4.78, 5) is 13.0. The highest BCUT2D eigenvalue weighted by Gasteiger charge is 2.43. The Labute approximate surface area is 115 Å². The highest BCUT2D eigenvalue weighted by atomic mass is 16.1. The number of Topliss-reactive ketones (excluding diaryl/α,β-unsaturated/α-hetero) is 1. The molecule has 0 fully saturated rings. The van der Waals surface area contributed by atoms with Gasteiger partial charge in [-0.1, -0.05) is 55.4 Å². The van der Waals surface area contributed by atoms with Crippen molar-refractivity contribution in [1.82, 2.24) is 0 Å². The summed E-state index contributed by atoms with van der Waals surface area (Å²) in [5.41, 5.74) is -0.290. The second-order valence-electron chi connectivity index (χ2n) is 7.35. The maximum absolute atomic E-state index is 13.0. The van der Waals surface area contributed by atoms with Gasteiger partial charge in [-0.05, 0) is 37.5 Å². The van der Waals surface area contributed by atoms with Gasteiger partial charge in [0.2, 0.25) is 0 Å². The second-order valence-corrected chi connectivity index (χ2v) is 7.35. The quantitative estimate of drug-likeness (QED) is 0.560. The van der Waals surface area contributed by atoms with Gasteiger partial charge in [-0.3, -0.25) is 4.79 Å². The topological polar surface area (TPSA) is 17.1 Å². The van der Waals surface area contributed by atoms with Crippen LogP contribution in [-0.2, 0) is 4.79 Å². The fourth-order valence-electron chi connectivity index (χ4n) is 3.33. The SMILES string of the molecule is CCC(C)(CC(C)C)C(=O)C(C)(CC)CC(C)C. The zero-order valence-electron chi connectivity index (χ0n) is 13.9. The highest BCUT2D eigenvalue weighted by Crippen LogP contribution is 2.42. The van der Waals surface area contributed by atoms with Crippen LogP contribution in [0.4, 0.5) is 0 Å². The maximum Gasteiger partial charge on any atom is 0.144 e. The second kappa shape index (κ2) is 6.73. The molecule has 108 valence electrons. The molecule has 18 heavy (non-hydrogen) atoms. The van der Waals surface area contributed by atoms with Gasteiger partial charge in [-0.15, -0.1) is 0 Å². The van der Waals surface area contributed by atoms with Crippen LogP contribution in [0, 0.1) is 22.7 Å². The van der Waals surface area contributed by atoms with Crippen molar-refractivity contribution < 1.29 is 4.79 Å². The number of hydrogen-bond donors (Lipinski definition) is 0. The van der Waals surface area contributed by atoms with Gasteiger partial charge >= 0.3 is 0 Å². The Bertz CT molecular complexity index is 241. The van der Waals surface area contributed by atoms with Crippen LogP contribution in [0.3, 0.4) is 0 Å². The summed E-state index contributed by atoms with van der Waals surface area (Å²) in [7, 11) is 0. The Hall–Kier alpha value is -0.330. The maximum atomic E-state index is 13.0. The number of carbonyl (C=O) groups is 1. The van der Waals surface area contributed by atoms with Crippen molar-refractivity contribution in [2.45, 2.75) is 81.1 Å². The highest BCUT2D eigenvalue weighted by molar-refractivity contribution is 5.89. The van der Waals surface area contributed by atoms with Crippen LogP contribution < -0.4 is 0 Å². The average Bonchev–Trinajstić information content (AvgIpc) is 2.25. The molecule has 0 heterocycles. The first-order valence-corrected chi connectivity index (χ1v) is 7.66. The molecule has 1 heteroatoms. The summed E-state index contributed by atoms with van der Waals surface area (Å²) >= 11 is 0. The molecule has 1 nitrogen and oxygen atoms in total. The first kappa shape index (κ1) is 17.7. The minimum Gasteiger partial charge on any atom is -0.298 e. The molecule has 0 N–H and O–H groups in total. The fraction of sp³-hybridized carbons (Fsp3) is 0.941. The van der Waals surface area contributed by atoms with Crippen LogP contribution in [0.5, 0.6) is 0 Å². The van der Waals surface area contributed by atoms with E-state index in [1.165, 1.54) is 0 Å². The Morgan fingerprint density at radius 3 is 1.28 bits per heavy atom. The van der Waals surface area contributed by atoms with Gasteiger partial charge in [0.1, 0.15) is 5.78 Å². The lowest BCUT2D eigenvalue weighted by atomic mass is 9.63. The molecule has 0 saturated heterocycles. The third kappa shape index (κ3) is 4.40. The molecule has 2 unspecified atom stereocenters. The largest absolute Gasteiger partial charge is 0.298 e. The van der Waals surface area contributed by atoms with Crippen LogP contribution in [0.1, 0.15) is 81.1 Å². The van der Waals surface area contributed by atoms with Crippen molar-refractivity contribution in [2.24, 2.45) is 22.7 Å². The molecule has 0 bridgehead atoms. The molecular formula is C17H34O. The Morgan fingerprint density at radius 2 is 1.11 bits per heavy atom. The number of carbonyl (C=O) groups excluding carboxylic acids is 1. The molecule has 0 aliphatic heterocycles. The van der Waals surface area contributed by atoms with E-state index in [0.29, 0.717) is 17.6 Å². The number of hydrogen-bond acceptors (Lipinski definition) is 1. The van der Waals surface area contributed by atoms with Gasteiger partial charge < -0.3 is 0 Å². The van der Waals surface area contributed by atoms with Crippen LogP contribution >= 0.6 is 0 Å². The van der Waals surface area contributed by atoms with Crippen molar-refractivity contribution >= 4 is 5.78 Å². The molecule has 0 rings (SSSR count). The van der Waals surface area contributed by atoms with Crippen LogP contribution in [0.15, 0.2) is 0 Å². The molecule has 0 aromatic carbocycles. The van der Waals surface area contributed by atoms with Crippen molar-refractivity contribution in [3.8, 4) is 0 Å². The lowest BCUT2D eigenvalue weighted by Crippen LogP contribution is -2.41. The normalized spacial score (nSPS) is 18.8. The number of ketones is 1. The summed E-state index contributed by atoms with van der Waals surface area (Å²) in [6.07, 6.45) is 3.93. The lowest BCUT2D eigenvalue weighted by molar-refractivity contribution is -0.140. The standard InChI is InChI=1S/C17H34O/c1-9-16(7,11-13(3)4)15(18)17(8,10-2)12-14(5)6/h13-14H,9-12H2,1-8H3. The molecule has 2 atom stereocenters. The fourth-order valence-corrected chi connectivity index (χ4v) is 3.33. The summed E-state index contributed by atoms with van der Waals surface area (Å²) < 4.78 is 0. The molecule has 0 saturated carbocycles. The Kier molecular flexibility index (Phi) is 6.60. The van der Waals surface area contributed by atoms with Crippen molar-refractivity contribution in [3.05, 3.63) is 0 Å². The van der Waals surface area contributed by atoms with Gasteiger partial charge in [-0.2, -0.15) is 0 Å². The van der Waals surface area contributed by atoms with Crippen LogP contribution in [0.25, 0.3) is 0 Å². The summed E-state index contributed by atoms with van der Waals surface area (Å²) in [5.74, 6) is 1.65. The molecule has 0 aliphatic carbocycles. The number of rotatable bonds is 8. The summed E-state index contributed by atoms with van der Waals surface area (Å²) in [6, 6.07) is 0. The molecule has 0 spiro atoms. The van der Waals surface area contributed by atoms with E-state index in [-0.39, 0.29) is 10.8 Å². The molecule has 0 aromatic rings. The van der Waals surface area contributed by atoms with E-state index >= 15 is 0 Å². The van der Waals surface area contributed by atoms with Crippen LogP contribution in [-0.4, -0.2) is 5.78 Å². The molecule has 0 amide bonds. The third-order valence-corrected chi connectivity index (χ3v) is 4.37. The Morgan fingerprint density at radius 1 is 0.833 bits per heavy atom. The predicted octanol–water partition coefficient (Wildman–Crippen LogP) is 5.48. The summed E-state index contributed by atoms with van der Waals surface area (Å²) in [5, 5.41) is 0. The van der Waals surface area contributed by atoms with E-state index < -0.39 is 0 Å². The van der Waals surface area contributed by atoms with Gasteiger partial charge in [0.25, 0.3) is 0 Å². The molecular weight excluding hydrogens is 220 g/mol. The van der Waals surface area contributed by atoms with Gasteiger partial charge in [0.15, 0.2) is 0 Å². The van der Waals surface area contributed by atoms with E-state index in [4.69, 9.17) is 0 Å². The first-order valence-electron chi connectivity index (χ1n) is 7.66. The van der Waals surface area contributed by atoms with E-state index in [2.05, 4.69) is 55.4 Å². The third-order valence-electron chi connectivity index (χ3n) is 4.37. The van der Waals surface area contributed by atoms with E-state index in [9.17, 15) is 4.79 Å². The zero-order valence-corrected chi connectivity index (χ0v) is 13.9. The van der Waals surface area contributed by atoms with Crippen molar-refractivity contribution in [1.29, 1.82) is 0 Å². The van der Waals surface area contributed by atoms with E-state index in [1.807, 2.05) is 0 Å². The average molecular weight is 254 g/mol. The minimum absolute atomic E-state index is 0.145.